The molecule has 0 N–H and O–H groups in total. The third kappa shape index (κ3) is 3.88. The van der Waals surface area contributed by atoms with Crippen LogP contribution in [0.1, 0.15) is 19.3 Å². The van der Waals surface area contributed by atoms with Crippen molar-refractivity contribution in [2.45, 2.75) is 19.3 Å². The summed E-state index contributed by atoms with van der Waals surface area (Å²) in [6, 6.07) is 1.56. The standard InChI is InChI=1S/C9H14N2O3S/c10-4-7-15(13,14)8-9(12)11-5-2-1-3-6-11/h1-3,5-8H2. The zero-order valence-corrected chi connectivity index (χ0v) is 9.29. The number of rotatable bonds is 3. The summed E-state index contributed by atoms with van der Waals surface area (Å²) < 4.78 is 22.4. The lowest BCUT2D eigenvalue weighted by molar-refractivity contribution is -0.129. The highest BCUT2D eigenvalue weighted by Gasteiger charge is 2.22. The summed E-state index contributed by atoms with van der Waals surface area (Å²) in [4.78, 5) is 13.1. The summed E-state index contributed by atoms with van der Waals surface area (Å²) in [5.74, 6) is -1.47. The van der Waals surface area contributed by atoms with Gasteiger partial charge in [-0.05, 0) is 19.3 Å². The first-order valence-corrected chi connectivity index (χ1v) is 6.72. The van der Waals surface area contributed by atoms with Crippen molar-refractivity contribution in [3.63, 3.8) is 0 Å². The van der Waals surface area contributed by atoms with E-state index >= 15 is 0 Å². The Balaban J connectivity index is 2.51. The Morgan fingerprint density at radius 1 is 1.27 bits per heavy atom. The number of sulfone groups is 1. The van der Waals surface area contributed by atoms with Crippen LogP contribution < -0.4 is 0 Å². The van der Waals surface area contributed by atoms with Crippen LogP contribution in [-0.4, -0.2) is 43.8 Å². The molecular formula is C9H14N2O3S. The number of carbonyl (C=O) groups excluding carboxylic acids is 1. The molecule has 84 valence electrons. The van der Waals surface area contributed by atoms with Gasteiger partial charge in [-0.1, -0.05) is 0 Å². The summed E-state index contributed by atoms with van der Waals surface area (Å²) in [6.45, 7) is 1.28. The van der Waals surface area contributed by atoms with Gasteiger partial charge in [-0.2, -0.15) is 5.26 Å². The van der Waals surface area contributed by atoms with Gasteiger partial charge in [0.2, 0.25) is 5.91 Å². The zero-order chi connectivity index (χ0) is 11.3. The van der Waals surface area contributed by atoms with E-state index in [1.165, 1.54) is 0 Å². The van der Waals surface area contributed by atoms with Crippen molar-refractivity contribution in [1.82, 2.24) is 4.90 Å². The molecule has 6 heteroatoms. The quantitative estimate of drug-likeness (QED) is 0.680. The zero-order valence-electron chi connectivity index (χ0n) is 8.48. The number of nitrogens with zero attached hydrogens (tertiary/aromatic N) is 2. The van der Waals surface area contributed by atoms with Gasteiger partial charge in [0.15, 0.2) is 9.84 Å². The van der Waals surface area contributed by atoms with E-state index in [0.717, 1.165) is 19.3 Å². The Bertz CT molecular complexity index is 363. The summed E-state index contributed by atoms with van der Waals surface area (Å²) in [5, 5.41) is 8.27. The van der Waals surface area contributed by atoms with Gasteiger partial charge in [-0.25, -0.2) is 8.42 Å². The van der Waals surface area contributed by atoms with Gasteiger partial charge in [0, 0.05) is 13.1 Å². The summed E-state index contributed by atoms with van der Waals surface area (Å²) in [6.07, 6.45) is 2.96. The molecule has 1 aliphatic rings. The summed E-state index contributed by atoms with van der Waals surface area (Å²) in [5.41, 5.74) is 0. The molecule has 0 radical (unpaired) electrons. The smallest absolute Gasteiger partial charge is 0.237 e. The third-order valence-corrected chi connectivity index (χ3v) is 3.59. The Kier molecular flexibility index (Phi) is 4.09. The largest absolute Gasteiger partial charge is 0.342 e. The minimum absolute atomic E-state index is 0.370. The Hall–Kier alpha value is -1.09. The highest BCUT2D eigenvalue weighted by molar-refractivity contribution is 7.92. The fourth-order valence-electron chi connectivity index (χ4n) is 1.57. The topological polar surface area (TPSA) is 78.2 Å². The molecule has 0 unspecified atom stereocenters. The van der Waals surface area contributed by atoms with E-state index in [1.807, 2.05) is 0 Å². The fourth-order valence-corrected chi connectivity index (χ4v) is 2.43. The molecule has 0 saturated carbocycles. The number of amides is 1. The van der Waals surface area contributed by atoms with Crippen molar-refractivity contribution >= 4 is 15.7 Å². The first kappa shape index (κ1) is 12.0. The predicted octanol–water partition coefficient (Wildman–Crippen LogP) is -0.0627. The van der Waals surface area contributed by atoms with Crippen molar-refractivity contribution in [2.24, 2.45) is 0 Å². The lowest BCUT2D eigenvalue weighted by Gasteiger charge is -2.26. The third-order valence-electron chi connectivity index (χ3n) is 2.34. The maximum Gasteiger partial charge on any atom is 0.237 e. The SMILES string of the molecule is N#CCS(=O)(=O)CC(=O)N1CCCCC1. The molecule has 0 bridgehead atoms. The number of piperidine rings is 1. The second-order valence-electron chi connectivity index (χ2n) is 3.63. The lowest BCUT2D eigenvalue weighted by atomic mass is 10.1. The highest BCUT2D eigenvalue weighted by atomic mass is 32.2. The van der Waals surface area contributed by atoms with Crippen molar-refractivity contribution in [3.05, 3.63) is 0 Å². The number of hydrogen-bond donors (Lipinski definition) is 0. The van der Waals surface area contributed by atoms with Gasteiger partial charge < -0.3 is 4.90 Å². The van der Waals surface area contributed by atoms with Crippen molar-refractivity contribution in [3.8, 4) is 6.07 Å². The van der Waals surface area contributed by atoms with Gasteiger partial charge in [-0.15, -0.1) is 0 Å². The average Bonchev–Trinajstić information content (AvgIpc) is 2.18. The van der Waals surface area contributed by atoms with Crippen molar-refractivity contribution in [2.75, 3.05) is 24.6 Å². The van der Waals surface area contributed by atoms with Gasteiger partial charge in [-0.3, -0.25) is 4.79 Å². The van der Waals surface area contributed by atoms with E-state index in [1.54, 1.807) is 11.0 Å². The van der Waals surface area contributed by atoms with Crippen LogP contribution in [-0.2, 0) is 14.6 Å². The van der Waals surface area contributed by atoms with Gasteiger partial charge >= 0.3 is 0 Å². The first-order valence-electron chi connectivity index (χ1n) is 4.90. The van der Waals surface area contributed by atoms with Crippen LogP contribution in [0.3, 0.4) is 0 Å². The molecular weight excluding hydrogens is 216 g/mol. The number of nitriles is 1. The summed E-state index contributed by atoms with van der Waals surface area (Å²) in [7, 11) is -3.53. The van der Waals surface area contributed by atoms with Crippen LogP contribution in [0.4, 0.5) is 0 Å². The van der Waals surface area contributed by atoms with Crippen LogP contribution in [0.25, 0.3) is 0 Å². The number of carbonyl (C=O) groups is 1. The van der Waals surface area contributed by atoms with E-state index in [0.29, 0.717) is 13.1 Å². The molecule has 0 aliphatic carbocycles. The fraction of sp³-hybridized carbons (Fsp3) is 0.778. The Morgan fingerprint density at radius 3 is 2.40 bits per heavy atom. The predicted molar refractivity (Wildman–Crippen MR) is 54.7 cm³/mol. The van der Waals surface area contributed by atoms with Crippen LogP contribution in [0.5, 0.6) is 0 Å². The molecule has 0 atom stereocenters. The molecule has 1 heterocycles. The maximum atomic E-state index is 11.5. The number of hydrogen-bond acceptors (Lipinski definition) is 4. The van der Waals surface area contributed by atoms with Crippen LogP contribution in [0.2, 0.25) is 0 Å². The molecule has 0 aromatic heterocycles. The monoisotopic (exact) mass is 230 g/mol. The van der Waals surface area contributed by atoms with Crippen LogP contribution in [0.15, 0.2) is 0 Å². The van der Waals surface area contributed by atoms with Gasteiger partial charge in [0.1, 0.15) is 11.5 Å². The van der Waals surface area contributed by atoms with E-state index in [9.17, 15) is 13.2 Å². The second-order valence-corrected chi connectivity index (χ2v) is 5.70. The maximum absolute atomic E-state index is 11.5. The molecule has 1 saturated heterocycles. The minimum Gasteiger partial charge on any atom is -0.342 e. The van der Waals surface area contributed by atoms with Crippen LogP contribution in [0, 0.1) is 11.3 Å². The Morgan fingerprint density at radius 2 is 1.87 bits per heavy atom. The normalized spacial score (nSPS) is 17.1. The summed E-state index contributed by atoms with van der Waals surface area (Å²) >= 11 is 0. The van der Waals surface area contributed by atoms with Crippen molar-refractivity contribution in [1.29, 1.82) is 5.26 Å². The first-order chi connectivity index (χ1) is 7.05. The van der Waals surface area contributed by atoms with E-state index in [2.05, 4.69) is 0 Å². The molecule has 5 nitrogen and oxygen atoms in total. The minimum atomic E-state index is -3.53. The van der Waals surface area contributed by atoms with Gasteiger partial charge in [0.05, 0.1) is 6.07 Å². The van der Waals surface area contributed by atoms with Crippen LogP contribution >= 0.6 is 0 Å². The molecule has 15 heavy (non-hydrogen) atoms. The molecule has 1 fully saturated rings. The van der Waals surface area contributed by atoms with E-state index < -0.39 is 21.3 Å². The van der Waals surface area contributed by atoms with Crippen molar-refractivity contribution < 1.29 is 13.2 Å². The molecule has 0 aromatic rings. The lowest BCUT2D eigenvalue weighted by Crippen LogP contribution is -2.39. The van der Waals surface area contributed by atoms with E-state index in [-0.39, 0.29) is 5.91 Å². The molecule has 0 spiro atoms. The van der Waals surface area contributed by atoms with E-state index in [4.69, 9.17) is 5.26 Å². The second kappa shape index (κ2) is 5.12. The molecule has 1 amide bonds. The number of likely N-dealkylation sites (tertiary alicyclic amines) is 1. The Labute approximate surface area is 89.6 Å². The molecule has 1 aliphatic heterocycles. The highest BCUT2D eigenvalue weighted by Crippen LogP contribution is 2.09. The van der Waals surface area contributed by atoms with Gasteiger partial charge in [0.25, 0.3) is 0 Å². The molecule has 0 aromatic carbocycles. The average molecular weight is 230 g/mol. The molecule has 1 rings (SSSR count).